The Morgan fingerprint density at radius 2 is 2.26 bits per heavy atom. The zero-order valence-corrected chi connectivity index (χ0v) is 10.4. The van der Waals surface area contributed by atoms with Crippen molar-refractivity contribution in [1.82, 2.24) is 9.55 Å². The molecule has 2 heterocycles. The summed E-state index contributed by atoms with van der Waals surface area (Å²) in [5, 5.41) is 19.0. The van der Waals surface area contributed by atoms with Crippen LogP contribution in [0.3, 0.4) is 0 Å². The summed E-state index contributed by atoms with van der Waals surface area (Å²) in [6.45, 7) is -0.702. The van der Waals surface area contributed by atoms with Crippen LogP contribution in [0.1, 0.15) is 6.23 Å². The number of alkyl halides is 2. The van der Waals surface area contributed by atoms with E-state index in [2.05, 4.69) is 0 Å². The zero-order valence-electron chi connectivity index (χ0n) is 9.62. The quantitative estimate of drug-likeness (QED) is 0.603. The summed E-state index contributed by atoms with van der Waals surface area (Å²) in [7, 11) is 0. The lowest BCUT2D eigenvalue weighted by molar-refractivity contribution is -0.115. The summed E-state index contributed by atoms with van der Waals surface area (Å²) in [6, 6.07) is 1.02. The van der Waals surface area contributed by atoms with Crippen molar-refractivity contribution in [1.29, 1.82) is 0 Å². The van der Waals surface area contributed by atoms with Crippen molar-refractivity contribution < 1.29 is 19.3 Å². The van der Waals surface area contributed by atoms with Crippen molar-refractivity contribution in [2.75, 3.05) is 12.5 Å². The Kier molecular flexibility index (Phi) is 3.77. The first kappa shape index (κ1) is 14.2. The van der Waals surface area contributed by atoms with Gasteiger partial charge >= 0.3 is 5.69 Å². The summed E-state index contributed by atoms with van der Waals surface area (Å²) in [6.07, 6.45) is -4.06. The molecule has 1 aromatic heterocycles. The number of aliphatic hydroxyl groups is 2. The Labute approximate surface area is 111 Å². The first-order chi connectivity index (χ1) is 8.95. The molecule has 7 nitrogen and oxygen atoms in total. The fourth-order valence-corrected chi connectivity index (χ4v) is 2.25. The number of aliphatic hydroxyl groups excluding tert-OH is 2. The topological polar surface area (TPSA) is 105 Å². The molecule has 0 bridgehead atoms. The molecule has 1 saturated heterocycles. The predicted molar refractivity (Wildman–Crippen MR) is 62.9 cm³/mol. The molecule has 4 atom stereocenters. The molecule has 1 aliphatic rings. The molecule has 3 N–H and O–H groups in total. The Bertz CT molecular complexity index is 570. The molecule has 0 aliphatic carbocycles. The minimum absolute atomic E-state index is 0.348. The molecule has 4 unspecified atom stereocenters. The van der Waals surface area contributed by atoms with E-state index in [4.69, 9.17) is 16.3 Å². The molecular formula is C10H12ClFN2O5. The Balaban J connectivity index is 2.42. The minimum Gasteiger partial charge on any atom is -0.393 e. The predicted octanol–water partition coefficient (Wildman–Crippen LogP) is -1.27. The first-order valence-electron chi connectivity index (χ1n) is 5.43. The summed E-state index contributed by atoms with van der Waals surface area (Å²) < 4.78 is 20.0. The van der Waals surface area contributed by atoms with Gasteiger partial charge in [0.2, 0.25) is 0 Å². The van der Waals surface area contributed by atoms with E-state index in [1.54, 1.807) is 0 Å². The van der Waals surface area contributed by atoms with E-state index in [1.165, 1.54) is 0 Å². The molecule has 0 spiro atoms. The van der Waals surface area contributed by atoms with E-state index in [0.717, 1.165) is 16.8 Å². The van der Waals surface area contributed by atoms with Gasteiger partial charge < -0.3 is 14.9 Å². The van der Waals surface area contributed by atoms with Gasteiger partial charge in [0.25, 0.3) is 5.56 Å². The summed E-state index contributed by atoms with van der Waals surface area (Å²) in [5.74, 6) is -0.348. The van der Waals surface area contributed by atoms with Gasteiger partial charge in [0.15, 0.2) is 12.4 Å². The van der Waals surface area contributed by atoms with Crippen molar-refractivity contribution in [2.45, 2.75) is 24.1 Å². The number of hydrogen-bond donors (Lipinski definition) is 3. The van der Waals surface area contributed by atoms with Crippen molar-refractivity contribution in [3.63, 3.8) is 0 Å². The van der Waals surface area contributed by atoms with Gasteiger partial charge in [0.05, 0.1) is 12.5 Å². The largest absolute Gasteiger partial charge is 0.393 e. The van der Waals surface area contributed by atoms with Gasteiger partial charge in [-0.15, -0.1) is 11.6 Å². The molecule has 9 heteroatoms. The van der Waals surface area contributed by atoms with Crippen LogP contribution in [0.2, 0.25) is 0 Å². The third kappa shape index (κ3) is 2.20. The lowest BCUT2D eigenvalue weighted by Gasteiger charge is -2.26. The SMILES string of the molecule is O=c1ccn(C2OC(CO)(CCl)C(O)C2F)c(=O)[nH]1. The molecule has 0 aromatic carbocycles. The first-order valence-corrected chi connectivity index (χ1v) is 5.97. The third-order valence-electron chi connectivity index (χ3n) is 3.09. The molecule has 0 amide bonds. The van der Waals surface area contributed by atoms with Crippen LogP contribution in [-0.4, -0.2) is 50.1 Å². The van der Waals surface area contributed by atoms with E-state index in [-0.39, 0.29) is 5.88 Å². The van der Waals surface area contributed by atoms with Gasteiger partial charge in [0, 0.05) is 12.3 Å². The van der Waals surface area contributed by atoms with E-state index in [9.17, 15) is 24.2 Å². The van der Waals surface area contributed by atoms with Crippen molar-refractivity contribution >= 4 is 11.6 Å². The smallest absolute Gasteiger partial charge is 0.330 e. The highest BCUT2D eigenvalue weighted by Gasteiger charge is 2.55. The monoisotopic (exact) mass is 294 g/mol. The van der Waals surface area contributed by atoms with Crippen LogP contribution >= 0.6 is 11.6 Å². The minimum atomic E-state index is -1.96. The van der Waals surface area contributed by atoms with Gasteiger partial charge in [-0.3, -0.25) is 14.3 Å². The Morgan fingerprint density at radius 3 is 2.74 bits per heavy atom. The lowest BCUT2D eigenvalue weighted by Crippen LogP contribution is -2.47. The number of ether oxygens (including phenoxy) is 1. The molecule has 1 fully saturated rings. The van der Waals surface area contributed by atoms with Crippen molar-refractivity contribution in [3.8, 4) is 0 Å². The van der Waals surface area contributed by atoms with Crippen LogP contribution in [0.5, 0.6) is 0 Å². The Hall–Kier alpha value is -1.22. The molecule has 0 saturated carbocycles. The van der Waals surface area contributed by atoms with E-state index < -0.39 is 42.0 Å². The van der Waals surface area contributed by atoms with Gasteiger partial charge in [-0.25, -0.2) is 9.18 Å². The highest BCUT2D eigenvalue weighted by molar-refractivity contribution is 6.18. The lowest BCUT2D eigenvalue weighted by atomic mass is 9.99. The molecule has 0 radical (unpaired) electrons. The highest BCUT2D eigenvalue weighted by atomic mass is 35.5. The van der Waals surface area contributed by atoms with Gasteiger partial charge in [-0.2, -0.15) is 0 Å². The van der Waals surface area contributed by atoms with Crippen molar-refractivity contribution in [3.05, 3.63) is 33.1 Å². The summed E-state index contributed by atoms with van der Waals surface area (Å²) in [4.78, 5) is 24.4. The summed E-state index contributed by atoms with van der Waals surface area (Å²) >= 11 is 5.59. The fraction of sp³-hybridized carbons (Fsp3) is 0.600. The molecule has 1 aliphatic heterocycles. The molecule has 2 rings (SSSR count). The van der Waals surface area contributed by atoms with Gasteiger partial charge in [-0.1, -0.05) is 0 Å². The number of aromatic nitrogens is 2. The molecule has 106 valence electrons. The number of aromatic amines is 1. The van der Waals surface area contributed by atoms with Crippen LogP contribution in [0.4, 0.5) is 4.39 Å². The normalized spacial score (nSPS) is 34.6. The number of nitrogens with one attached hydrogen (secondary N) is 1. The number of H-pyrrole nitrogens is 1. The molecular weight excluding hydrogens is 283 g/mol. The second-order valence-corrected chi connectivity index (χ2v) is 4.54. The Morgan fingerprint density at radius 1 is 1.58 bits per heavy atom. The maximum Gasteiger partial charge on any atom is 0.330 e. The third-order valence-corrected chi connectivity index (χ3v) is 3.54. The zero-order chi connectivity index (χ0) is 14.2. The van der Waals surface area contributed by atoms with E-state index in [0.29, 0.717) is 0 Å². The van der Waals surface area contributed by atoms with Gasteiger partial charge in [-0.05, 0) is 0 Å². The van der Waals surface area contributed by atoms with Crippen LogP contribution in [0.25, 0.3) is 0 Å². The van der Waals surface area contributed by atoms with Crippen LogP contribution < -0.4 is 11.2 Å². The highest BCUT2D eigenvalue weighted by Crippen LogP contribution is 2.38. The maximum absolute atomic E-state index is 14.0. The van der Waals surface area contributed by atoms with Crippen molar-refractivity contribution in [2.24, 2.45) is 0 Å². The number of rotatable bonds is 3. The average Bonchev–Trinajstić information content (AvgIpc) is 2.64. The standard InChI is InChI=1S/C10H12ClFN2O5/c11-3-10(4-15)7(17)6(12)8(19-10)14-2-1-5(16)13-9(14)18/h1-2,6-8,15,17H,3-4H2,(H,13,16,18). The van der Waals surface area contributed by atoms with Gasteiger partial charge in [0.1, 0.15) is 11.7 Å². The second kappa shape index (κ2) is 5.04. The van der Waals surface area contributed by atoms with E-state index in [1.807, 2.05) is 4.98 Å². The van der Waals surface area contributed by atoms with Crippen LogP contribution in [0, 0.1) is 0 Å². The number of hydrogen-bond acceptors (Lipinski definition) is 5. The molecule has 1 aromatic rings. The maximum atomic E-state index is 14.0. The van der Waals surface area contributed by atoms with Crippen LogP contribution in [-0.2, 0) is 4.74 Å². The van der Waals surface area contributed by atoms with E-state index >= 15 is 0 Å². The second-order valence-electron chi connectivity index (χ2n) is 4.27. The fourth-order valence-electron chi connectivity index (χ4n) is 1.94. The number of nitrogens with zero attached hydrogens (tertiary/aromatic N) is 1. The molecule has 19 heavy (non-hydrogen) atoms. The number of halogens is 2. The van der Waals surface area contributed by atoms with Crippen LogP contribution in [0.15, 0.2) is 21.9 Å². The summed E-state index contributed by atoms with van der Waals surface area (Å²) in [5.41, 5.74) is -3.20. The average molecular weight is 295 g/mol.